The second-order valence-electron chi connectivity index (χ2n) is 4.12. The summed E-state index contributed by atoms with van der Waals surface area (Å²) in [6, 6.07) is 0.714. The van der Waals surface area contributed by atoms with Crippen LogP contribution in [0.2, 0.25) is 0 Å². The van der Waals surface area contributed by atoms with Crippen molar-refractivity contribution >= 4 is 0 Å². The first-order chi connectivity index (χ1) is 6.19. The summed E-state index contributed by atoms with van der Waals surface area (Å²) in [4.78, 5) is 2.44. The monoisotopic (exact) mass is 185 g/mol. The number of nitrogens with zero attached hydrogens (tertiary/aromatic N) is 2. The molecular formula is C10H23N3. The standard InChI is InChI=1S/C10H23N3/c1-5-9-8-12(3)7-6-10(9)13(4)11-2/h9-11H,5-8H2,1-4H3. The maximum atomic E-state index is 3.23. The molecule has 0 aliphatic carbocycles. The lowest BCUT2D eigenvalue weighted by molar-refractivity contribution is 0.0562. The maximum absolute atomic E-state index is 3.23. The lowest BCUT2D eigenvalue weighted by atomic mass is 9.90. The molecule has 3 nitrogen and oxygen atoms in total. The number of hydrogen-bond donors (Lipinski definition) is 1. The van der Waals surface area contributed by atoms with E-state index in [0.717, 1.165) is 5.92 Å². The van der Waals surface area contributed by atoms with Crippen LogP contribution in [0.3, 0.4) is 0 Å². The summed E-state index contributed by atoms with van der Waals surface area (Å²) in [5.74, 6) is 0.816. The average Bonchev–Trinajstić information content (AvgIpc) is 2.16. The Morgan fingerprint density at radius 2 is 2.23 bits per heavy atom. The van der Waals surface area contributed by atoms with E-state index in [2.05, 4.69) is 36.4 Å². The highest BCUT2D eigenvalue weighted by atomic mass is 15.5. The van der Waals surface area contributed by atoms with E-state index in [-0.39, 0.29) is 0 Å². The Kier molecular flexibility index (Phi) is 4.16. The predicted octanol–water partition coefficient (Wildman–Crippen LogP) is 0.783. The molecule has 1 heterocycles. The molecule has 0 radical (unpaired) electrons. The Labute approximate surface area is 82.1 Å². The number of likely N-dealkylation sites (tertiary alicyclic amines) is 1. The molecule has 0 aromatic rings. The Bertz CT molecular complexity index is 149. The van der Waals surface area contributed by atoms with E-state index in [0.29, 0.717) is 6.04 Å². The quantitative estimate of drug-likeness (QED) is 0.656. The third-order valence-corrected chi connectivity index (χ3v) is 3.27. The van der Waals surface area contributed by atoms with Gasteiger partial charge in [0.1, 0.15) is 0 Å². The molecule has 0 saturated carbocycles. The van der Waals surface area contributed by atoms with Gasteiger partial charge in [0, 0.05) is 19.6 Å². The van der Waals surface area contributed by atoms with Gasteiger partial charge in [0.25, 0.3) is 0 Å². The molecule has 3 heteroatoms. The van der Waals surface area contributed by atoms with Gasteiger partial charge < -0.3 is 4.90 Å². The van der Waals surface area contributed by atoms with Crippen molar-refractivity contribution < 1.29 is 0 Å². The van der Waals surface area contributed by atoms with E-state index in [4.69, 9.17) is 0 Å². The van der Waals surface area contributed by atoms with Gasteiger partial charge in [-0.15, -0.1) is 0 Å². The molecule has 78 valence electrons. The van der Waals surface area contributed by atoms with Crippen LogP contribution in [0.15, 0.2) is 0 Å². The fraction of sp³-hybridized carbons (Fsp3) is 1.00. The second kappa shape index (κ2) is 4.94. The van der Waals surface area contributed by atoms with Gasteiger partial charge in [-0.25, -0.2) is 5.01 Å². The molecular weight excluding hydrogens is 162 g/mol. The number of rotatable bonds is 3. The van der Waals surface area contributed by atoms with Gasteiger partial charge in [0.05, 0.1) is 0 Å². The molecule has 0 amide bonds. The predicted molar refractivity (Wildman–Crippen MR) is 56.5 cm³/mol. The maximum Gasteiger partial charge on any atom is 0.0292 e. The first kappa shape index (κ1) is 11.0. The summed E-state index contributed by atoms with van der Waals surface area (Å²) in [6.07, 6.45) is 2.56. The van der Waals surface area contributed by atoms with E-state index in [1.807, 2.05) is 7.05 Å². The molecule has 0 spiro atoms. The van der Waals surface area contributed by atoms with Crippen LogP contribution in [0.4, 0.5) is 0 Å². The lowest BCUT2D eigenvalue weighted by Crippen LogP contribution is -2.52. The van der Waals surface area contributed by atoms with Gasteiger partial charge in [-0.05, 0) is 33.0 Å². The van der Waals surface area contributed by atoms with Crippen LogP contribution in [0, 0.1) is 5.92 Å². The zero-order valence-electron chi connectivity index (χ0n) is 9.38. The topological polar surface area (TPSA) is 18.5 Å². The van der Waals surface area contributed by atoms with E-state index in [1.165, 1.54) is 25.9 Å². The zero-order chi connectivity index (χ0) is 9.84. The molecule has 1 rings (SSSR count). The van der Waals surface area contributed by atoms with E-state index >= 15 is 0 Å². The average molecular weight is 185 g/mol. The molecule has 1 fully saturated rings. The highest BCUT2D eigenvalue weighted by Crippen LogP contribution is 2.21. The van der Waals surface area contributed by atoms with Crippen LogP contribution in [-0.2, 0) is 0 Å². The molecule has 0 aromatic heterocycles. The number of piperidine rings is 1. The molecule has 13 heavy (non-hydrogen) atoms. The van der Waals surface area contributed by atoms with Gasteiger partial charge in [-0.3, -0.25) is 5.43 Å². The highest BCUT2D eigenvalue weighted by Gasteiger charge is 2.28. The Hall–Kier alpha value is -0.120. The van der Waals surface area contributed by atoms with Gasteiger partial charge in [-0.1, -0.05) is 13.3 Å². The van der Waals surface area contributed by atoms with Crippen molar-refractivity contribution in [2.45, 2.75) is 25.8 Å². The van der Waals surface area contributed by atoms with Crippen molar-refractivity contribution in [3.8, 4) is 0 Å². The van der Waals surface area contributed by atoms with Crippen LogP contribution in [-0.4, -0.2) is 50.2 Å². The van der Waals surface area contributed by atoms with E-state index < -0.39 is 0 Å². The molecule has 1 N–H and O–H groups in total. The van der Waals surface area contributed by atoms with Crippen LogP contribution in [0.25, 0.3) is 0 Å². The number of nitrogens with one attached hydrogen (secondary N) is 1. The fourth-order valence-electron chi connectivity index (χ4n) is 2.28. The smallest absolute Gasteiger partial charge is 0.0292 e. The molecule has 0 aromatic carbocycles. The van der Waals surface area contributed by atoms with E-state index in [1.54, 1.807) is 0 Å². The molecule has 1 aliphatic rings. The van der Waals surface area contributed by atoms with Crippen molar-refractivity contribution in [2.75, 3.05) is 34.2 Å². The summed E-state index contributed by atoms with van der Waals surface area (Å²) in [5.41, 5.74) is 3.23. The molecule has 1 aliphatic heterocycles. The summed E-state index contributed by atoms with van der Waals surface area (Å²) >= 11 is 0. The summed E-state index contributed by atoms with van der Waals surface area (Å²) < 4.78 is 0. The van der Waals surface area contributed by atoms with Crippen LogP contribution < -0.4 is 5.43 Å². The summed E-state index contributed by atoms with van der Waals surface area (Å²) in [5, 5.41) is 2.27. The minimum Gasteiger partial charge on any atom is -0.306 e. The number of hydrazine groups is 1. The fourth-order valence-corrected chi connectivity index (χ4v) is 2.28. The number of hydrogen-bond acceptors (Lipinski definition) is 3. The van der Waals surface area contributed by atoms with Crippen molar-refractivity contribution in [2.24, 2.45) is 5.92 Å². The van der Waals surface area contributed by atoms with Crippen LogP contribution in [0.5, 0.6) is 0 Å². The largest absolute Gasteiger partial charge is 0.306 e. The minimum absolute atomic E-state index is 0.714. The zero-order valence-corrected chi connectivity index (χ0v) is 9.38. The van der Waals surface area contributed by atoms with Gasteiger partial charge in [0.15, 0.2) is 0 Å². The Morgan fingerprint density at radius 1 is 1.54 bits per heavy atom. The third kappa shape index (κ3) is 2.66. The molecule has 2 atom stereocenters. The second-order valence-corrected chi connectivity index (χ2v) is 4.12. The lowest BCUT2D eigenvalue weighted by Gasteiger charge is -2.40. The minimum atomic E-state index is 0.714. The van der Waals surface area contributed by atoms with Crippen molar-refractivity contribution in [1.29, 1.82) is 0 Å². The van der Waals surface area contributed by atoms with Gasteiger partial charge >= 0.3 is 0 Å². The van der Waals surface area contributed by atoms with Crippen LogP contribution in [0.1, 0.15) is 19.8 Å². The Morgan fingerprint density at radius 3 is 2.77 bits per heavy atom. The molecule has 0 bridgehead atoms. The molecule has 2 unspecified atom stereocenters. The normalized spacial score (nSPS) is 31.2. The van der Waals surface area contributed by atoms with Crippen molar-refractivity contribution in [3.63, 3.8) is 0 Å². The van der Waals surface area contributed by atoms with Gasteiger partial charge in [0.2, 0.25) is 0 Å². The van der Waals surface area contributed by atoms with Crippen LogP contribution >= 0.6 is 0 Å². The Balaban J connectivity index is 2.52. The van der Waals surface area contributed by atoms with Crippen molar-refractivity contribution in [1.82, 2.24) is 15.3 Å². The SMILES string of the molecule is CCC1CN(C)CCC1N(C)NC. The van der Waals surface area contributed by atoms with E-state index in [9.17, 15) is 0 Å². The van der Waals surface area contributed by atoms with Crippen molar-refractivity contribution in [3.05, 3.63) is 0 Å². The summed E-state index contributed by atoms with van der Waals surface area (Å²) in [7, 11) is 6.38. The third-order valence-electron chi connectivity index (χ3n) is 3.27. The summed E-state index contributed by atoms with van der Waals surface area (Å²) in [6.45, 7) is 4.76. The molecule has 1 saturated heterocycles. The first-order valence-corrected chi connectivity index (χ1v) is 5.27. The highest BCUT2D eigenvalue weighted by molar-refractivity contribution is 4.82. The first-order valence-electron chi connectivity index (χ1n) is 5.27. The van der Waals surface area contributed by atoms with Gasteiger partial charge in [-0.2, -0.15) is 0 Å².